The van der Waals surface area contributed by atoms with Crippen LogP contribution < -0.4 is 10.6 Å². The first kappa shape index (κ1) is 23.9. The monoisotopic (exact) mass is 473 g/mol. The molecule has 1 unspecified atom stereocenters. The molecular weight excluding hydrogens is 446 g/mol. The number of ether oxygens (including phenoxy) is 1. The van der Waals surface area contributed by atoms with E-state index in [1.807, 2.05) is 43.3 Å². The van der Waals surface area contributed by atoms with Crippen LogP contribution in [0.4, 0.5) is 10.6 Å². The number of hydrogen-bond acceptors (Lipinski definition) is 5. The predicted molar refractivity (Wildman–Crippen MR) is 131 cm³/mol. The Balaban J connectivity index is 1.33. The number of nitrogens with one attached hydrogen (secondary N) is 2. The third-order valence-electron chi connectivity index (χ3n) is 6.02. The molecule has 0 fully saturated rings. The summed E-state index contributed by atoms with van der Waals surface area (Å²) < 4.78 is 5.53. The van der Waals surface area contributed by atoms with Crippen molar-refractivity contribution in [2.45, 2.75) is 25.7 Å². The summed E-state index contributed by atoms with van der Waals surface area (Å²) >= 11 is 0. The van der Waals surface area contributed by atoms with Gasteiger partial charge in [-0.2, -0.15) is 0 Å². The summed E-state index contributed by atoms with van der Waals surface area (Å²) in [5, 5.41) is 14.1. The molecule has 2 aromatic carbocycles. The van der Waals surface area contributed by atoms with Gasteiger partial charge in [0.15, 0.2) is 0 Å². The Bertz CT molecular complexity index is 1200. The van der Waals surface area contributed by atoms with Crippen LogP contribution in [-0.2, 0) is 9.53 Å². The molecular formula is C27H27N3O5. The van der Waals surface area contributed by atoms with Gasteiger partial charge >= 0.3 is 12.1 Å². The number of carboxylic acid groups (broad SMARTS) is 1. The van der Waals surface area contributed by atoms with E-state index in [1.54, 1.807) is 18.2 Å². The van der Waals surface area contributed by atoms with E-state index in [0.717, 1.165) is 22.3 Å². The van der Waals surface area contributed by atoms with E-state index in [9.17, 15) is 14.4 Å². The molecule has 0 bridgehead atoms. The molecule has 1 aliphatic rings. The van der Waals surface area contributed by atoms with Crippen molar-refractivity contribution in [3.63, 3.8) is 0 Å². The SMILES string of the molecule is CC(CCC(=O)O)CNC(=O)c1cccc(NC(=O)OCC2c3ccccc3-c3ccccc32)n1. The van der Waals surface area contributed by atoms with Gasteiger partial charge in [0.25, 0.3) is 5.91 Å². The molecule has 1 atom stereocenters. The van der Waals surface area contributed by atoms with Gasteiger partial charge in [-0.3, -0.25) is 14.9 Å². The lowest BCUT2D eigenvalue weighted by atomic mass is 9.98. The molecule has 35 heavy (non-hydrogen) atoms. The Hall–Kier alpha value is -4.20. The number of fused-ring (bicyclic) bond motifs is 3. The maximum Gasteiger partial charge on any atom is 0.412 e. The van der Waals surface area contributed by atoms with Gasteiger partial charge in [0.2, 0.25) is 0 Å². The molecule has 1 aromatic heterocycles. The summed E-state index contributed by atoms with van der Waals surface area (Å²) in [5.74, 6) is -1.10. The normalized spacial score (nSPS) is 12.8. The van der Waals surface area contributed by atoms with Crippen molar-refractivity contribution in [3.8, 4) is 11.1 Å². The molecule has 1 heterocycles. The van der Waals surface area contributed by atoms with E-state index in [4.69, 9.17) is 9.84 Å². The number of anilines is 1. The molecule has 8 nitrogen and oxygen atoms in total. The average Bonchev–Trinajstić information content (AvgIpc) is 3.18. The van der Waals surface area contributed by atoms with Gasteiger partial charge < -0.3 is 15.2 Å². The average molecular weight is 474 g/mol. The van der Waals surface area contributed by atoms with E-state index in [0.29, 0.717) is 13.0 Å². The lowest BCUT2D eigenvalue weighted by molar-refractivity contribution is -0.137. The number of hydrogen-bond donors (Lipinski definition) is 3. The summed E-state index contributed by atoms with van der Waals surface area (Å²) in [5.41, 5.74) is 4.68. The molecule has 0 spiro atoms. The third kappa shape index (κ3) is 5.84. The molecule has 8 heteroatoms. The van der Waals surface area contributed by atoms with Crippen molar-refractivity contribution in [2.75, 3.05) is 18.5 Å². The highest BCUT2D eigenvalue weighted by Crippen LogP contribution is 2.44. The van der Waals surface area contributed by atoms with Crippen LogP contribution in [0, 0.1) is 5.92 Å². The van der Waals surface area contributed by atoms with Crippen LogP contribution in [0.1, 0.15) is 47.3 Å². The van der Waals surface area contributed by atoms with Crippen molar-refractivity contribution in [3.05, 3.63) is 83.6 Å². The summed E-state index contributed by atoms with van der Waals surface area (Å²) in [6, 6.07) is 20.9. The minimum absolute atomic E-state index is 0.0113. The van der Waals surface area contributed by atoms with Gasteiger partial charge in [-0.15, -0.1) is 0 Å². The number of rotatable bonds is 9. The van der Waals surface area contributed by atoms with Crippen LogP contribution in [0.15, 0.2) is 66.7 Å². The fourth-order valence-electron chi connectivity index (χ4n) is 4.20. The quantitative estimate of drug-likeness (QED) is 0.416. The maximum absolute atomic E-state index is 12.5. The number of carbonyl (C=O) groups is 3. The summed E-state index contributed by atoms with van der Waals surface area (Å²) in [7, 11) is 0. The number of carboxylic acids is 1. The number of aliphatic carboxylic acids is 1. The number of carbonyl (C=O) groups excluding carboxylic acids is 2. The first-order valence-corrected chi connectivity index (χ1v) is 11.5. The first-order valence-electron chi connectivity index (χ1n) is 11.5. The lowest BCUT2D eigenvalue weighted by Crippen LogP contribution is -2.29. The maximum atomic E-state index is 12.5. The first-order chi connectivity index (χ1) is 16.9. The van der Waals surface area contributed by atoms with Gasteiger partial charge in [0.1, 0.15) is 18.1 Å². The highest BCUT2D eigenvalue weighted by Gasteiger charge is 2.29. The van der Waals surface area contributed by atoms with Crippen molar-refractivity contribution in [1.29, 1.82) is 0 Å². The second-order valence-corrected chi connectivity index (χ2v) is 8.61. The highest BCUT2D eigenvalue weighted by atomic mass is 16.5. The van der Waals surface area contributed by atoms with Crippen LogP contribution in [0.5, 0.6) is 0 Å². The molecule has 0 saturated heterocycles. The second kappa shape index (κ2) is 10.8. The van der Waals surface area contributed by atoms with Crippen molar-refractivity contribution in [2.24, 2.45) is 5.92 Å². The fourth-order valence-corrected chi connectivity index (χ4v) is 4.20. The molecule has 3 N–H and O–H groups in total. The van der Waals surface area contributed by atoms with Gasteiger partial charge in [-0.05, 0) is 46.7 Å². The van der Waals surface area contributed by atoms with E-state index >= 15 is 0 Å². The largest absolute Gasteiger partial charge is 0.481 e. The Kier molecular flexibility index (Phi) is 7.40. The molecule has 2 amide bonds. The van der Waals surface area contributed by atoms with Gasteiger partial charge in [-0.25, -0.2) is 9.78 Å². The van der Waals surface area contributed by atoms with E-state index in [-0.39, 0.29) is 36.4 Å². The summed E-state index contributed by atoms with van der Waals surface area (Å²) in [6.07, 6.45) is -0.138. The lowest BCUT2D eigenvalue weighted by Gasteiger charge is -2.14. The predicted octanol–water partition coefficient (Wildman–Crippen LogP) is 4.67. The third-order valence-corrected chi connectivity index (χ3v) is 6.02. The zero-order chi connectivity index (χ0) is 24.8. The molecule has 180 valence electrons. The van der Waals surface area contributed by atoms with E-state index < -0.39 is 18.0 Å². The Labute approximate surface area is 203 Å². The Morgan fingerprint density at radius 3 is 2.29 bits per heavy atom. The van der Waals surface area contributed by atoms with Crippen molar-refractivity contribution in [1.82, 2.24) is 10.3 Å². The van der Waals surface area contributed by atoms with Crippen molar-refractivity contribution >= 4 is 23.8 Å². The van der Waals surface area contributed by atoms with Gasteiger partial charge in [0, 0.05) is 18.9 Å². The zero-order valence-corrected chi connectivity index (χ0v) is 19.4. The van der Waals surface area contributed by atoms with E-state index in [1.165, 1.54) is 0 Å². The molecule has 0 saturated carbocycles. The molecule has 0 radical (unpaired) electrons. The molecule has 3 aromatic rings. The highest BCUT2D eigenvalue weighted by molar-refractivity contribution is 5.93. The minimum Gasteiger partial charge on any atom is -0.481 e. The molecule has 4 rings (SSSR count). The summed E-state index contributed by atoms with van der Waals surface area (Å²) in [4.78, 5) is 39.8. The van der Waals surface area contributed by atoms with Crippen LogP contribution in [0.2, 0.25) is 0 Å². The van der Waals surface area contributed by atoms with Gasteiger partial charge in [-0.1, -0.05) is 61.5 Å². The number of pyridine rings is 1. The van der Waals surface area contributed by atoms with Crippen LogP contribution in [-0.4, -0.2) is 41.2 Å². The smallest absolute Gasteiger partial charge is 0.412 e. The minimum atomic E-state index is -0.864. The van der Waals surface area contributed by atoms with E-state index in [2.05, 4.69) is 27.8 Å². The molecule has 0 aliphatic heterocycles. The number of nitrogens with zero attached hydrogens (tertiary/aromatic N) is 1. The standard InChI is InChI=1S/C27H27N3O5/c1-17(13-14-25(31)32)15-28-26(33)23-11-6-12-24(29-23)30-27(34)35-16-22-20-9-4-2-7-18(20)19-8-3-5-10-21(19)22/h2-12,17,22H,13-16H2,1H3,(H,28,33)(H,31,32)(H,29,30,34). The Morgan fingerprint density at radius 1 is 0.971 bits per heavy atom. The van der Waals surface area contributed by atoms with Crippen LogP contribution in [0.3, 0.4) is 0 Å². The number of amides is 2. The van der Waals surface area contributed by atoms with Crippen molar-refractivity contribution < 1.29 is 24.2 Å². The topological polar surface area (TPSA) is 118 Å². The van der Waals surface area contributed by atoms with Gasteiger partial charge in [0.05, 0.1) is 0 Å². The second-order valence-electron chi connectivity index (χ2n) is 8.61. The number of aromatic nitrogens is 1. The van der Waals surface area contributed by atoms with Crippen LogP contribution in [0.25, 0.3) is 11.1 Å². The Morgan fingerprint density at radius 2 is 1.63 bits per heavy atom. The molecule has 1 aliphatic carbocycles. The zero-order valence-electron chi connectivity index (χ0n) is 19.4. The number of benzene rings is 2. The van der Waals surface area contributed by atoms with Crippen LogP contribution >= 0.6 is 0 Å². The summed E-state index contributed by atoms with van der Waals surface area (Å²) in [6.45, 7) is 2.37. The fraction of sp³-hybridized carbons (Fsp3) is 0.259.